The van der Waals surface area contributed by atoms with Gasteiger partial charge in [0, 0.05) is 22.8 Å². The van der Waals surface area contributed by atoms with Gasteiger partial charge in [-0.3, -0.25) is 0 Å². The third-order valence-corrected chi connectivity index (χ3v) is 6.33. The van der Waals surface area contributed by atoms with Crippen molar-refractivity contribution in [3.05, 3.63) is 24.3 Å². The highest BCUT2D eigenvalue weighted by molar-refractivity contribution is 5.92. The van der Waals surface area contributed by atoms with E-state index in [2.05, 4.69) is 13.2 Å². The molecule has 142 valence electrons. The van der Waals surface area contributed by atoms with Crippen molar-refractivity contribution in [3.63, 3.8) is 0 Å². The van der Waals surface area contributed by atoms with Crippen molar-refractivity contribution < 1.29 is 34.1 Å². The van der Waals surface area contributed by atoms with Crippen LogP contribution in [0.1, 0.15) is 26.2 Å². The number of hydrogen-bond donors (Lipinski definition) is 2. The third kappa shape index (κ3) is 2.70. The van der Waals surface area contributed by atoms with Crippen LogP contribution in [0.5, 0.6) is 0 Å². The SMILES string of the molecule is C=C(CO)C(=O)O[C@H]1C[C@@]2(C)[C@H](O)CCC(C=O)[C@@H]2[C@H]2OC(=O)C(=C)[C@@H]21. The molecule has 0 aromatic rings. The average molecular weight is 364 g/mol. The van der Waals surface area contributed by atoms with Gasteiger partial charge in [0.2, 0.25) is 0 Å². The lowest BCUT2D eigenvalue weighted by Crippen LogP contribution is -2.60. The molecule has 0 aromatic carbocycles. The maximum atomic E-state index is 12.1. The molecule has 3 fully saturated rings. The van der Waals surface area contributed by atoms with E-state index < -0.39 is 48.2 Å². The van der Waals surface area contributed by atoms with Crippen LogP contribution in [-0.4, -0.2) is 53.4 Å². The lowest BCUT2D eigenvalue weighted by Gasteiger charge is -2.55. The molecule has 0 bridgehead atoms. The van der Waals surface area contributed by atoms with Crippen molar-refractivity contribution in [1.82, 2.24) is 0 Å². The second-order valence-electron chi connectivity index (χ2n) is 7.76. The molecule has 1 heterocycles. The largest absolute Gasteiger partial charge is 0.458 e. The van der Waals surface area contributed by atoms with Gasteiger partial charge in [-0.1, -0.05) is 20.1 Å². The Kier molecular flexibility index (Phi) is 4.79. The Morgan fingerprint density at radius 1 is 1.46 bits per heavy atom. The molecular weight excluding hydrogens is 340 g/mol. The van der Waals surface area contributed by atoms with Crippen molar-refractivity contribution in [2.45, 2.75) is 44.5 Å². The van der Waals surface area contributed by atoms with Crippen molar-refractivity contribution >= 4 is 18.2 Å². The van der Waals surface area contributed by atoms with Crippen LogP contribution in [0.2, 0.25) is 0 Å². The smallest absolute Gasteiger partial charge is 0.336 e. The molecule has 3 aliphatic rings. The van der Waals surface area contributed by atoms with Crippen LogP contribution in [0.3, 0.4) is 0 Å². The number of carbonyl (C=O) groups excluding carboxylic acids is 3. The van der Waals surface area contributed by atoms with E-state index in [-0.39, 0.29) is 29.4 Å². The summed E-state index contributed by atoms with van der Waals surface area (Å²) in [7, 11) is 0. The molecule has 1 saturated heterocycles. The highest BCUT2D eigenvalue weighted by Crippen LogP contribution is 2.58. The summed E-state index contributed by atoms with van der Waals surface area (Å²) in [4.78, 5) is 35.9. The summed E-state index contributed by atoms with van der Waals surface area (Å²) >= 11 is 0. The molecule has 0 amide bonds. The monoisotopic (exact) mass is 364 g/mol. The van der Waals surface area contributed by atoms with Crippen LogP contribution in [-0.2, 0) is 23.9 Å². The van der Waals surface area contributed by atoms with E-state index >= 15 is 0 Å². The van der Waals surface area contributed by atoms with E-state index in [4.69, 9.17) is 14.6 Å². The Hall–Kier alpha value is -1.99. The summed E-state index contributed by atoms with van der Waals surface area (Å²) in [5, 5.41) is 19.7. The van der Waals surface area contributed by atoms with Gasteiger partial charge in [-0.05, 0) is 19.3 Å². The van der Waals surface area contributed by atoms with Gasteiger partial charge in [-0.25, -0.2) is 9.59 Å². The Morgan fingerprint density at radius 3 is 2.77 bits per heavy atom. The van der Waals surface area contributed by atoms with E-state index in [0.717, 1.165) is 6.29 Å². The summed E-state index contributed by atoms with van der Waals surface area (Å²) < 4.78 is 11.0. The Balaban J connectivity index is 1.99. The van der Waals surface area contributed by atoms with Gasteiger partial charge in [-0.2, -0.15) is 0 Å². The van der Waals surface area contributed by atoms with E-state index in [1.165, 1.54) is 0 Å². The molecule has 0 radical (unpaired) electrons. The van der Waals surface area contributed by atoms with Gasteiger partial charge >= 0.3 is 11.9 Å². The first-order valence-corrected chi connectivity index (χ1v) is 8.77. The fourth-order valence-corrected chi connectivity index (χ4v) is 4.91. The average Bonchev–Trinajstić information content (AvgIpc) is 2.90. The Bertz CT molecular complexity index is 669. The quantitative estimate of drug-likeness (QED) is 0.426. The van der Waals surface area contributed by atoms with Gasteiger partial charge in [0.05, 0.1) is 24.2 Å². The van der Waals surface area contributed by atoms with Crippen LogP contribution < -0.4 is 0 Å². The van der Waals surface area contributed by atoms with Crippen LogP contribution in [0.4, 0.5) is 0 Å². The molecule has 0 spiro atoms. The summed E-state index contributed by atoms with van der Waals surface area (Å²) in [6.07, 6.45) is -0.0449. The molecule has 1 unspecified atom stereocenters. The predicted octanol–water partition coefficient (Wildman–Crippen LogP) is 0.540. The molecule has 0 aromatic heterocycles. The lowest BCUT2D eigenvalue weighted by atomic mass is 9.51. The molecule has 3 rings (SSSR count). The zero-order valence-electron chi connectivity index (χ0n) is 14.7. The molecule has 2 saturated carbocycles. The van der Waals surface area contributed by atoms with Crippen molar-refractivity contribution in [2.24, 2.45) is 23.2 Å². The zero-order valence-corrected chi connectivity index (χ0v) is 14.7. The number of aldehydes is 1. The van der Waals surface area contributed by atoms with E-state index in [1.54, 1.807) is 0 Å². The van der Waals surface area contributed by atoms with E-state index in [9.17, 15) is 19.5 Å². The number of carbonyl (C=O) groups is 3. The van der Waals surface area contributed by atoms with Crippen LogP contribution in [0, 0.1) is 23.2 Å². The lowest BCUT2D eigenvalue weighted by molar-refractivity contribution is -0.194. The minimum atomic E-state index is -0.761. The van der Waals surface area contributed by atoms with Crippen LogP contribution in [0.15, 0.2) is 24.3 Å². The third-order valence-electron chi connectivity index (χ3n) is 6.33. The second-order valence-corrected chi connectivity index (χ2v) is 7.76. The van der Waals surface area contributed by atoms with Gasteiger partial charge in [0.25, 0.3) is 0 Å². The first-order chi connectivity index (χ1) is 12.2. The minimum absolute atomic E-state index is 0.0976. The predicted molar refractivity (Wildman–Crippen MR) is 89.6 cm³/mol. The summed E-state index contributed by atoms with van der Waals surface area (Å²) in [6.45, 7) is 8.54. The first-order valence-electron chi connectivity index (χ1n) is 8.77. The first kappa shape index (κ1) is 18.8. The van der Waals surface area contributed by atoms with Crippen LogP contribution >= 0.6 is 0 Å². The topological polar surface area (TPSA) is 110 Å². The number of esters is 2. The standard InChI is InChI=1S/C19H24O7/c1-9(7-20)17(23)25-12-6-19(3)13(22)5-4-11(8-21)15(19)16-14(12)10(2)18(24)26-16/h8,11-16,20,22H,1-2,4-7H2,3H3/t11?,12-,13+,14+,15+,16-,19-/m0/s1. The summed E-state index contributed by atoms with van der Waals surface area (Å²) in [5.41, 5.74) is -0.643. The van der Waals surface area contributed by atoms with E-state index in [1.807, 2.05) is 6.92 Å². The van der Waals surface area contributed by atoms with Crippen LogP contribution in [0.25, 0.3) is 0 Å². The molecule has 2 aliphatic carbocycles. The van der Waals surface area contributed by atoms with E-state index in [0.29, 0.717) is 12.8 Å². The molecule has 7 heteroatoms. The number of fused-ring (bicyclic) bond motifs is 3. The molecule has 7 atom stereocenters. The maximum absolute atomic E-state index is 12.1. The number of hydrogen-bond acceptors (Lipinski definition) is 7. The molecular formula is C19H24O7. The van der Waals surface area contributed by atoms with Gasteiger partial charge in [0.15, 0.2) is 0 Å². The fourth-order valence-electron chi connectivity index (χ4n) is 4.91. The second kappa shape index (κ2) is 6.63. The van der Waals surface area contributed by atoms with Crippen molar-refractivity contribution in [2.75, 3.05) is 6.61 Å². The molecule has 1 aliphatic heterocycles. The molecule has 26 heavy (non-hydrogen) atoms. The number of ether oxygens (including phenoxy) is 2. The maximum Gasteiger partial charge on any atom is 0.336 e. The van der Waals surface area contributed by atoms with Gasteiger partial charge < -0.3 is 24.5 Å². The highest BCUT2D eigenvalue weighted by Gasteiger charge is 2.63. The number of rotatable bonds is 4. The highest BCUT2D eigenvalue weighted by atomic mass is 16.6. The van der Waals surface area contributed by atoms with Crippen molar-refractivity contribution in [1.29, 1.82) is 0 Å². The van der Waals surface area contributed by atoms with Crippen molar-refractivity contribution in [3.8, 4) is 0 Å². The fraction of sp³-hybridized carbons (Fsp3) is 0.632. The molecule has 7 nitrogen and oxygen atoms in total. The number of aliphatic hydroxyl groups is 2. The Morgan fingerprint density at radius 2 is 2.15 bits per heavy atom. The minimum Gasteiger partial charge on any atom is -0.458 e. The zero-order chi connectivity index (χ0) is 19.2. The Labute approximate surface area is 151 Å². The summed E-state index contributed by atoms with van der Waals surface area (Å²) in [5.74, 6) is -2.63. The van der Waals surface area contributed by atoms with Gasteiger partial charge in [-0.15, -0.1) is 0 Å². The normalized spacial score (nSPS) is 41.7. The summed E-state index contributed by atoms with van der Waals surface area (Å²) in [6, 6.07) is 0. The van der Waals surface area contributed by atoms with Gasteiger partial charge in [0.1, 0.15) is 18.5 Å². The molecule has 2 N–H and O–H groups in total. The number of aliphatic hydroxyl groups excluding tert-OH is 2.